The number of rotatable bonds is 2. The molecule has 0 aliphatic heterocycles. The van der Waals surface area contributed by atoms with Gasteiger partial charge in [0.05, 0.1) is 7.11 Å². The molecule has 2 heterocycles. The fraction of sp³-hybridized carbons (Fsp3) is 0.182. The summed E-state index contributed by atoms with van der Waals surface area (Å²) in [5.41, 5.74) is 0.822. The average Bonchev–Trinajstić information content (AvgIpc) is 2.92. The molecule has 0 fully saturated rings. The Labute approximate surface area is 106 Å². The minimum absolute atomic E-state index is 0.0951. The molecule has 3 rings (SSSR count). The zero-order valence-electron chi connectivity index (χ0n) is 9.78. The first kappa shape index (κ1) is 11.0. The highest BCUT2D eigenvalue weighted by Gasteiger charge is 2.12. The Morgan fingerprint density at radius 2 is 2.17 bits per heavy atom. The summed E-state index contributed by atoms with van der Waals surface area (Å²) in [6.45, 7) is 1.84. The summed E-state index contributed by atoms with van der Waals surface area (Å²) in [7, 11) is 1.52. The second-order valence-corrected chi connectivity index (χ2v) is 4.69. The molecule has 1 aromatic carbocycles. The minimum atomic E-state index is 0.0951. The van der Waals surface area contributed by atoms with E-state index in [1.807, 2.05) is 13.0 Å². The van der Waals surface area contributed by atoms with Gasteiger partial charge in [-0.15, -0.1) is 10.2 Å². The topological polar surface area (TPSA) is 72.5 Å². The number of benzene rings is 1. The second kappa shape index (κ2) is 3.95. The molecule has 3 aromatic rings. The summed E-state index contributed by atoms with van der Waals surface area (Å²) < 4.78 is 6.69. The van der Waals surface area contributed by atoms with Crippen molar-refractivity contribution in [1.82, 2.24) is 19.8 Å². The predicted molar refractivity (Wildman–Crippen MR) is 67.0 cm³/mol. The lowest BCUT2D eigenvalue weighted by Crippen LogP contribution is -1.89. The smallest absolute Gasteiger partial charge is 0.234 e. The third-order valence-corrected chi connectivity index (χ3v) is 3.52. The minimum Gasteiger partial charge on any atom is -0.504 e. The number of ether oxygens (including phenoxy) is 1. The highest BCUT2D eigenvalue weighted by atomic mass is 32.1. The Morgan fingerprint density at radius 1 is 1.33 bits per heavy atom. The molecule has 6 nitrogen and oxygen atoms in total. The number of methoxy groups -OCH3 is 1. The van der Waals surface area contributed by atoms with Crippen molar-refractivity contribution < 1.29 is 9.84 Å². The van der Waals surface area contributed by atoms with Gasteiger partial charge in [-0.25, -0.2) is 0 Å². The highest BCUT2D eigenvalue weighted by molar-refractivity contribution is 7.19. The largest absolute Gasteiger partial charge is 0.504 e. The number of phenolic OH excluding ortho intramolecular Hbond substituents is 1. The van der Waals surface area contributed by atoms with Crippen LogP contribution in [0, 0.1) is 6.92 Å². The maximum atomic E-state index is 9.75. The highest BCUT2D eigenvalue weighted by Crippen LogP contribution is 2.33. The van der Waals surface area contributed by atoms with Crippen molar-refractivity contribution in [3.05, 3.63) is 24.0 Å². The summed E-state index contributed by atoms with van der Waals surface area (Å²) in [5.74, 6) is 1.28. The van der Waals surface area contributed by atoms with E-state index in [0.717, 1.165) is 21.4 Å². The van der Waals surface area contributed by atoms with E-state index in [9.17, 15) is 5.11 Å². The Hall–Kier alpha value is -2.15. The van der Waals surface area contributed by atoms with Crippen LogP contribution in [0.2, 0.25) is 0 Å². The molecule has 92 valence electrons. The van der Waals surface area contributed by atoms with Gasteiger partial charge in [0.2, 0.25) is 4.96 Å². The number of aromatic hydroxyl groups is 1. The van der Waals surface area contributed by atoms with Gasteiger partial charge in [0.15, 0.2) is 17.3 Å². The number of hydrogen-bond donors (Lipinski definition) is 1. The summed E-state index contributed by atoms with van der Waals surface area (Å²) in [4.78, 5) is 0.734. The first-order chi connectivity index (χ1) is 8.69. The van der Waals surface area contributed by atoms with Crippen LogP contribution in [0.4, 0.5) is 0 Å². The SMILES string of the molecule is COc1ccc(-c2nn3c(C)nnc3s2)cc1O. The zero-order valence-corrected chi connectivity index (χ0v) is 10.6. The van der Waals surface area contributed by atoms with Crippen molar-refractivity contribution in [2.75, 3.05) is 7.11 Å². The van der Waals surface area contributed by atoms with Crippen molar-refractivity contribution in [2.24, 2.45) is 0 Å². The Kier molecular flexibility index (Phi) is 2.41. The van der Waals surface area contributed by atoms with E-state index in [4.69, 9.17) is 4.74 Å². The lowest BCUT2D eigenvalue weighted by Gasteiger charge is -2.03. The Balaban J connectivity index is 2.10. The van der Waals surface area contributed by atoms with Gasteiger partial charge in [-0.1, -0.05) is 11.3 Å². The molecule has 0 aliphatic carbocycles. The molecule has 7 heteroatoms. The van der Waals surface area contributed by atoms with Crippen LogP contribution in [0.3, 0.4) is 0 Å². The van der Waals surface area contributed by atoms with Gasteiger partial charge in [0, 0.05) is 5.56 Å². The van der Waals surface area contributed by atoms with Crippen LogP contribution in [0.1, 0.15) is 5.82 Å². The lowest BCUT2D eigenvalue weighted by molar-refractivity contribution is 0.373. The monoisotopic (exact) mass is 262 g/mol. The normalized spacial score (nSPS) is 11.0. The number of phenols is 1. The number of hydrogen-bond acceptors (Lipinski definition) is 6. The Morgan fingerprint density at radius 3 is 2.83 bits per heavy atom. The summed E-state index contributed by atoms with van der Waals surface area (Å²) >= 11 is 1.42. The summed E-state index contributed by atoms with van der Waals surface area (Å²) in [6, 6.07) is 5.18. The quantitative estimate of drug-likeness (QED) is 0.763. The van der Waals surface area contributed by atoms with Gasteiger partial charge in [0.1, 0.15) is 5.01 Å². The summed E-state index contributed by atoms with van der Waals surface area (Å²) in [5, 5.41) is 22.9. The fourth-order valence-corrected chi connectivity index (χ4v) is 2.54. The van der Waals surface area contributed by atoms with Crippen LogP contribution in [0.5, 0.6) is 11.5 Å². The van der Waals surface area contributed by atoms with Gasteiger partial charge < -0.3 is 9.84 Å². The van der Waals surface area contributed by atoms with E-state index in [2.05, 4.69) is 15.3 Å². The number of nitrogens with zero attached hydrogens (tertiary/aromatic N) is 4. The van der Waals surface area contributed by atoms with Crippen molar-refractivity contribution in [3.63, 3.8) is 0 Å². The van der Waals surface area contributed by atoms with E-state index in [1.54, 1.807) is 16.6 Å². The Bertz CT molecular complexity index is 719. The van der Waals surface area contributed by atoms with Gasteiger partial charge in [0.25, 0.3) is 0 Å². The lowest BCUT2D eigenvalue weighted by atomic mass is 10.2. The van der Waals surface area contributed by atoms with Crippen molar-refractivity contribution in [3.8, 4) is 22.1 Å². The molecule has 0 amide bonds. The van der Waals surface area contributed by atoms with E-state index in [1.165, 1.54) is 18.4 Å². The molecule has 0 atom stereocenters. The van der Waals surface area contributed by atoms with Crippen LogP contribution in [-0.2, 0) is 0 Å². The molecule has 1 N–H and O–H groups in total. The van der Waals surface area contributed by atoms with Crippen molar-refractivity contribution in [1.29, 1.82) is 0 Å². The average molecular weight is 262 g/mol. The van der Waals surface area contributed by atoms with Crippen LogP contribution in [0.15, 0.2) is 18.2 Å². The molecule has 0 saturated heterocycles. The predicted octanol–water partition coefficient (Wildman–Crippen LogP) is 1.88. The van der Waals surface area contributed by atoms with Crippen LogP contribution < -0.4 is 4.74 Å². The second-order valence-electron chi connectivity index (χ2n) is 3.74. The molecule has 0 radical (unpaired) electrons. The maximum absolute atomic E-state index is 9.75. The number of fused-ring (bicyclic) bond motifs is 1. The molecule has 0 spiro atoms. The first-order valence-corrected chi connectivity index (χ1v) is 6.07. The molecular formula is C11H10N4O2S. The van der Waals surface area contributed by atoms with Crippen molar-refractivity contribution in [2.45, 2.75) is 6.92 Å². The van der Waals surface area contributed by atoms with Gasteiger partial charge in [-0.05, 0) is 25.1 Å². The van der Waals surface area contributed by atoms with Crippen LogP contribution >= 0.6 is 11.3 Å². The third-order valence-electron chi connectivity index (χ3n) is 2.57. The number of aryl methyl sites for hydroxylation is 1. The molecular weight excluding hydrogens is 252 g/mol. The zero-order chi connectivity index (χ0) is 12.7. The summed E-state index contributed by atoms with van der Waals surface area (Å²) in [6.07, 6.45) is 0. The number of aromatic nitrogens is 4. The standard InChI is InChI=1S/C11H10N4O2S/c1-6-12-13-11-15(6)14-10(18-11)7-3-4-9(17-2)8(16)5-7/h3-5,16H,1-2H3. The van der Waals surface area contributed by atoms with Crippen molar-refractivity contribution >= 4 is 16.3 Å². The van der Waals surface area contributed by atoms with Gasteiger partial charge in [-0.3, -0.25) is 0 Å². The first-order valence-electron chi connectivity index (χ1n) is 5.25. The van der Waals surface area contributed by atoms with Crippen LogP contribution in [0.25, 0.3) is 15.5 Å². The fourth-order valence-electron chi connectivity index (χ4n) is 1.65. The van der Waals surface area contributed by atoms with E-state index < -0.39 is 0 Å². The van der Waals surface area contributed by atoms with E-state index in [-0.39, 0.29) is 5.75 Å². The van der Waals surface area contributed by atoms with Gasteiger partial charge >= 0.3 is 0 Å². The molecule has 0 unspecified atom stereocenters. The molecule has 2 aromatic heterocycles. The molecule has 18 heavy (non-hydrogen) atoms. The van der Waals surface area contributed by atoms with E-state index in [0.29, 0.717) is 5.75 Å². The molecule has 0 saturated carbocycles. The van der Waals surface area contributed by atoms with E-state index >= 15 is 0 Å². The maximum Gasteiger partial charge on any atom is 0.234 e. The molecule has 0 aliphatic rings. The van der Waals surface area contributed by atoms with Crippen LogP contribution in [-0.4, -0.2) is 32.0 Å². The third kappa shape index (κ3) is 1.60. The van der Waals surface area contributed by atoms with Gasteiger partial charge in [-0.2, -0.15) is 9.61 Å². The molecule has 0 bridgehead atoms.